The third-order valence-corrected chi connectivity index (χ3v) is 4.23. The third-order valence-electron chi connectivity index (χ3n) is 3.83. The Labute approximate surface area is 150 Å². The van der Waals surface area contributed by atoms with Crippen LogP contribution in [0.1, 0.15) is 26.0 Å². The zero-order valence-electron chi connectivity index (χ0n) is 13.9. The number of nitrogens with one attached hydrogen (secondary N) is 1. The Morgan fingerprint density at radius 1 is 1.36 bits per heavy atom. The minimum Gasteiger partial charge on any atom is -0.440 e. The lowest BCUT2D eigenvalue weighted by molar-refractivity contribution is 0.0747. The van der Waals surface area contributed by atoms with Gasteiger partial charge in [-0.25, -0.2) is 14.4 Å². The second kappa shape index (κ2) is 7.65. The fourth-order valence-electron chi connectivity index (χ4n) is 2.40. The van der Waals surface area contributed by atoms with Gasteiger partial charge in [0.15, 0.2) is 6.10 Å². The number of aryl methyl sites for hydroxylation is 1. The minimum absolute atomic E-state index is 0.102. The van der Waals surface area contributed by atoms with Crippen molar-refractivity contribution in [3.8, 4) is 5.75 Å². The van der Waals surface area contributed by atoms with Crippen LogP contribution in [-0.4, -0.2) is 28.0 Å². The normalized spacial score (nSPS) is 17.6. The first-order valence-electron chi connectivity index (χ1n) is 7.98. The van der Waals surface area contributed by atoms with E-state index in [-0.39, 0.29) is 18.0 Å². The second-order valence-corrected chi connectivity index (χ2v) is 6.04. The molecule has 0 amide bonds. The molecule has 0 saturated heterocycles. The number of aromatic nitrogens is 2. The number of oxime groups is 1. The third kappa shape index (κ3) is 4.17. The van der Waals surface area contributed by atoms with Gasteiger partial charge < -0.3 is 14.9 Å². The summed E-state index contributed by atoms with van der Waals surface area (Å²) in [6.45, 7) is 3.93. The van der Waals surface area contributed by atoms with E-state index in [1.807, 2.05) is 13.8 Å². The largest absolute Gasteiger partial charge is 0.440 e. The summed E-state index contributed by atoms with van der Waals surface area (Å²) in [5, 5.41) is 7.69. The van der Waals surface area contributed by atoms with E-state index in [1.165, 1.54) is 18.5 Å². The molecular formula is C17H18ClFN4O2. The molecule has 6 nitrogen and oxygen atoms in total. The number of benzene rings is 1. The molecule has 1 aromatic heterocycles. The van der Waals surface area contributed by atoms with E-state index >= 15 is 0 Å². The predicted octanol–water partition coefficient (Wildman–Crippen LogP) is 3.81. The van der Waals surface area contributed by atoms with Crippen LogP contribution in [0.4, 0.5) is 10.2 Å². The molecule has 2 heterocycles. The van der Waals surface area contributed by atoms with Gasteiger partial charge in [-0.2, -0.15) is 0 Å². The van der Waals surface area contributed by atoms with Gasteiger partial charge in [0, 0.05) is 0 Å². The molecule has 1 aromatic carbocycles. The lowest BCUT2D eigenvalue weighted by Gasteiger charge is -2.20. The van der Waals surface area contributed by atoms with Crippen molar-refractivity contribution in [3.05, 3.63) is 47.1 Å². The molecule has 25 heavy (non-hydrogen) atoms. The zero-order chi connectivity index (χ0) is 17.8. The first kappa shape index (κ1) is 17.4. The molecule has 0 bridgehead atoms. The number of ether oxygens (including phenoxy) is 1. The van der Waals surface area contributed by atoms with Gasteiger partial charge in [-0.15, -0.1) is 0 Å². The van der Waals surface area contributed by atoms with E-state index in [0.29, 0.717) is 28.9 Å². The van der Waals surface area contributed by atoms with Crippen LogP contribution in [0, 0.1) is 5.82 Å². The molecule has 0 radical (unpaired) electrons. The fraction of sp³-hybridized carbons (Fsp3) is 0.353. The predicted molar refractivity (Wildman–Crippen MR) is 93.5 cm³/mol. The monoisotopic (exact) mass is 364 g/mol. The summed E-state index contributed by atoms with van der Waals surface area (Å²) in [6, 6.07) is 5.64. The first-order chi connectivity index (χ1) is 12.1. The van der Waals surface area contributed by atoms with Crippen molar-refractivity contribution >= 4 is 23.3 Å². The van der Waals surface area contributed by atoms with E-state index in [4.69, 9.17) is 21.2 Å². The Morgan fingerprint density at radius 3 is 2.84 bits per heavy atom. The van der Waals surface area contributed by atoms with E-state index in [0.717, 1.165) is 12.1 Å². The van der Waals surface area contributed by atoms with Gasteiger partial charge in [-0.3, -0.25) is 0 Å². The van der Waals surface area contributed by atoms with Crippen molar-refractivity contribution in [3.63, 3.8) is 0 Å². The number of hydrogen-bond acceptors (Lipinski definition) is 6. The van der Waals surface area contributed by atoms with E-state index in [2.05, 4.69) is 20.4 Å². The maximum Gasteiger partial charge on any atom is 0.235 e. The highest BCUT2D eigenvalue weighted by Gasteiger charge is 2.29. The molecule has 132 valence electrons. The quantitative estimate of drug-likeness (QED) is 0.873. The SMILES string of the molecule is CCc1ncnc(NC(C)C2CC(Oc3ccc(F)cc3)=NO2)c1Cl. The summed E-state index contributed by atoms with van der Waals surface area (Å²) in [6.07, 6.45) is 2.46. The summed E-state index contributed by atoms with van der Waals surface area (Å²) < 4.78 is 18.5. The Bertz CT molecular complexity index is 770. The average Bonchev–Trinajstić information content (AvgIpc) is 3.07. The maximum atomic E-state index is 12.9. The Hall–Kier alpha value is -2.41. The summed E-state index contributed by atoms with van der Waals surface area (Å²) in [4.78, 5) is 13.8. The molecule has 2 aromatic rings. The molecule has 3 rings (SSSR count). The van der Waals surface area contributed by atoms with Crippen LogP contribution in [0.15, 0.2) is 35.7 Å². The molecular weight excluding hydrogens is 347 g/mol. The summed E-state index contributed by atoms with van der Waals surface area (Å²) >= 11 is 6.30. The molecule has 0 aliphatic carbocycles. The molecule has 0 spiro atoms. The molecule has 0 fully saturated rings. The maximum absolute atomic E-state index is 12.9. The standard InChI is InChI=1S/C17H18ClFN4O2/c1-3-13-16(18)17(21-9-20-13)22-10(2)14-8-15(23-25-14)24-12-6-4-11(19)5-7-12/h4-7,9-10,14H,3,8H2,1-2H3,(H,20,21,22). The molecule has 1 aliphatic rings. The molecule has 0 saturated carbocycles. The van der Waals surface area contributed by atoms with E-state index in [1.54, 1.807) is 12.1 Å². The van der Waals surface area contributed by atoms with Crippen LogP contribution in [0.5, 0.6) is 5.75 Å². The van der Waals surface area contributed by atoms with Crippen molar-refractivity contribution < 1.29 is 14.0 Å². The topological polar surface area (TPSA) is 68.6 Å². The van der Waals surface area contributed by atoms with Crippen LogP contribution < -0.4 is 10.1 Å². The van der Waals surface area contributed by atoms with Crippen molar-refractivity contribution in [1.29, 1.82) is 0 Å². The average molecular weight is 365 g/mol. The van der Waals surface area contributed by atoms with Crippen molar-refractivity contribution in [2.75, 3.05) is 5.32 Å². The van der Waals surface area contributed by atoms with Crippen LogP contribution >= 0.6 is 11.6 Å². The molecule has 2 unspecified atom stereocenters. The summed E-state index contributed by atoms with van der Waals surface area (Å²) in [7, 11) is 0. The van der Waals surface area contributed by atoms with Gasteiger partial charge in [0.25, 0.3) is 0 Å². The van der Waals surface area contributed by atoms with E-state index < -0.39 is 0 Å². The number of anilines is 1. The molecule has 1 N–H and O–H groups in total. The van der Waals surface area contributed by atoms with Gasteiger partial charge in [0.05, 0.1) is 18.2 Å². The zero-order valence-corrected chi connectivity index (χ0v) is 14.6. The van der Waals surface area contributed by atoms with Gasteiger partial charge in [-0.1, -0.05) is 23.7 Å². The van der Waals surface area contributed by atoms with Crippen LogP contribution in [0.3, 0.4) is 0 Å². The lowest BCUT2D eigenvalue weighted by Crippen LogP contribution is -2.32. The molecule has 8 heteroatoms. The minimum atomic E-state index is -0.319. The smallest absolute Gasteiger partial charge is 0.235 e. The van der Waals surface area contributed by atoms with Crippen LogP contribution in [-0.2, 0) is 11.3 Å². The number of nitrogens with zero attached hydrogens (tertiary/aromatic N) is 3. The highest BCUT2D eigenvalue weighted by Crippen LogP contribution is 2.25. The highest BCUT2D eigenvalue weighted by molar-refractivity contribution is 6.33. The lowest BCUT2D eigenvalue weighted by atomic mass is 10.1. The van der Waals surface area contributed by atoms with Gasteiger partial charge in [-0.05, 0) is 37.6 Å². The second-order valence-electron chi connectivity index (χ2n) is 5.66. The fourth-order valence-corrected chi connectivity index (χ4v) is 2.69. The van der Waals surface area contributed by atoms with Gasteiger partial charge in [0.2, 0.25) is 5.90 Å². The van der Waals surface area contributed by atoms with Crippen molar-refractivity contribution in [1.82, 2.24) is 9.97 Å². The Morgan fingerprint density at radius 2 is 2.12 bits per heavy atom. The summed E-state index contributed by atoms with van der Waals surface area (Å²) in [5.74, 6) is 1.20. The number of halogens is 2. The molecule has 2 atom stereocenters. The van der Waals surface area contributed by atoms with Gasteiger partial charge in [0.1, 0.15) is 28.7 Å². The van der Waals surface area contributed by atoms with E-state index in [9.17, 15) is 4.39 Å². The summed E-state index contributed by atoms with van der Waals surface area (Å²) in [5.41, 5.74) is 0.787. The van der Waals surface area contributed by atoms with Crippen molar-refractivity contribution in [2.45, 2.75) is 38.8 Å². The first-order valence-corrected chi connectivity index (χ1v) is 8.36. The van der Waals surface area contributed by atoms with Crippen LogP contribution in [0.2, 0.25) is 5.02 Å². The van der Waals surface area contributed by atoms with Crippen molar-refractivity contribution in [2.24, 2.45) is 5.16 Å². The van der Waals surface area contributed by atoms with Gasteiger partial charge >= 0.3 is 0 Å². The van der Waals surface area contributed by atoms with Crippen LogP contribution in [0.25, 0.3) is 0 Å². The Balaban J connectivity index is 1.58. The highest BCUT2D eigenvalue weighted by atomic mass is 35.5. The Kier molecular flexibility index (Phi) is 5.33. The molecule has 1 aliphatic heterocycles. The number of hydrogen-bond donors (Lipinski definition) is 1. The number of rotatable bonds is 5.